The first kappa shape index (κ1) is 17.2. The van der Waals surface area contributed by atoms with Gasteiger partial charge in [-0.15, -0.1) is 0 Å². The molecule has 0 saturated carbocycles. The smallest absolute Gasteiger partial charge is 0.245 e. The molecule has 1 N–H and O–H groups in total. The largest absolute Gasteiger partial charge is 0.360 e. The molecule has 1 aromatic heterocycles. The second-order valence-electron chi connectivity index (χ2n) is 6.61. The van der Waals surface area contributed by atoms with Crippen LogP contribution in [0.2, 0.25) is 0 Å². The van der Waals surface area contributed by atoms with E-state index < -0.39 is 0 Å². The van der Waals surface area contributed by atoms with E-state index in [9.17, 15) is 9.59 Å². The van der Waals surface area contributed by atoms with Gasteiger partial charge < -0.3 is 14.7 Å². The van der Waals surface area contributed by atoms with Crippen LogP contribution >= 0.6 is 0 Å². The van der Waals surface area contributed by atoms with Crippen molar-refractivity contribution in [1.29, 1.82) is 0 Å². The lowest BCUT2D eigenvalue weighted by Crippen LogP contribution is -2.35. The lowest BCUT2D eigenvalue weighted by atomic mass is 9.90. The Morgan fingerprint density at radius 3 is 2.68 bits per heavy atom. The highest BCUT2D eigenvalue weighted by atomic mass is 16.5. The van der Waals surface area contributed by atoms with E-state index in [1.807, 2.05) is 6.07 Å². The van der Waals surface area contributed by atoms with Gasteiger partial charge in [-0.1, -0.05) is 23.4 Å². The summed E-state index contributed by atoms with van der Waals surface area (Å²) in [6.07, 6.45) is 4.98. The van der Waals surface area contributed by atoms with Crippen molar-refractivity contribution in [2.24, 2.45) is 0 Å². The molecule has 1 aromatic carbocycles. The minimum Gasteiger partial charge on any atom is -0.360 e. The van der Waals surface area contributed by atoms with E-state index in [0.29, 0.717) is 18.0 Å². The number of nitrogens with one attached hydrogen (secondary N) is 1. The summed E-state index contributed by atoms with van der Waals surface area (Å²) >= 11 is 0. The van der Waals surface area contributed by atoms with Crippen LogP contribution in [-0.4, -0.2) is 35.5 Å². The Morgan fingerprint density at radius 1 is 1.20 bits per heavy atom. The van der Waals surface area contributed by atoms with Crippen LogP contribution in [0.4, 0.5) is 5.82 Å². The van der Waals surface area contributed by atoms with Gasteiger partial charge in [-0.3, -0.25) is 9.59 Å². The van der Waals surface area contributed by atoms with Gasteiger partial charge in [0.05, 0.1) is 13.0 Å². The summed E-state index contributed by atoms with van der Waals surface area (Å²) in [6, 6.07) is 7.93. The second kappa shape index (κ2) is 7.51. The third-order valence-electron chi connectivity index (χ3n) is 4.47. The number of amides is 2. The Morgan fingerprint density at radius 2 is 1.96 bits per heavy atom. The Kier molecular flexibility index (Phi) is 5.16. The van der Waals surface area contributed by atoms with Crippen LogP contribution in [0.3, 0.4) is 0 Å². The summed E-state index contributed by atoms with van der Waals surface area (Å²) in [6.45, 7) is 1.73. The quantitative estimate of drug-likeness (QED) is 0.907. The lowest BCUT2D eigenvalue weighted by Gasteiger charge is -2.19. The number of likely N-dealkylation sites (N-methyl/N-ethyl adjacent to an activating group) is 1. The number of hydrogen-bond acceptors (Lipinski definition) is 4. The minimum absolute atomic E-state index is 0.0182. The minimum atomic E-state index is -0.297. The molecule has 0 saturated heterocycles. The number of rotatable bonds is 5. The molecular weight excluding hydrogens is 318 g/mol. The van der Waals surface area contributed by atoms with Crippen LogP contribution in [0.25, 0.3) is 0 Å². The molecule has 25 heavy (non-hydrogen) atoms. The van der Waals surface area contributed by atoms with E-state index in [1.54, 1.807) is 20.0 Å². The first-order valence-electron chi connectivity index (χ1n) is 8.59. The molecule has 1 heterocycles. The van der Waals surface area contributed by atoms with Gasteiger partial charge in [0.2, 0.25) is 11.8 Å². The van der Waals surface area contributed by atoms with Crippen molar-refractivity contribution in [1.82, 2.24) is 10.1 Å². The van der Waals surface area contributed by atoms with Gasteiger partial charge in [0.25, 0.3) is 0 Å². The number of benzene rings is 1. The first-order valence-corrected chi connectivity index (χ1v) is 8.59. The van der Waals surface area contributed by atoms with Crippen LogP contribution in [0, 0.1) is 6.92 Å². The molecule has 3 rings (SSSR count). The third-order valence-corrected chi connectivity index (χ3v) is 4.47. The van der Waals surface area contributed by atoms with Gasteiger partial charge in [-0.25, -0.2) is 0 Å². The van der Waals surface area contributed by atoms with Crippen LogP contribution in [0.5, 0.6) is 0 Å². The van der Waals surface area contributed by atoms with Gasteiger partial charge in [0.15, 0.2) is 5.82 Å². The van der Waals surface area contributed by atoms with Gasteiger partial charge >= 0.3 is 0 Å². The highest BCUT2D eigenvalue weighted by molar-refractivity contribution is 5.94. The van der Waals surface area contributed by atoms with E-state index >= 15 is 0 Å². The maximum absolute atomic E-state index is 12.4. The molecule has 132 valence electrons. The van der Waals surface area contributed by atoms with Crippen LogP contribution in [-0.2, 0) is 28.9 Å². The van der Waals surface area contributed by atoms with Crippen molar-refractivity contribution in [3.05, 3.63) is 46.7 Å². The van der Waals surface area contributed by atoms with Crippen molar-refractivity contribution >= 4 is 17.6 Å². The normalized spacial score (nSPS) is 13.2. The lowest BCUT2D eigenvalue weighted by molar-refractivity contribution is -0.132. The molecule has 6 nitrogen and oxygen atoms in total. The molecule has 0 fully saturated rings. The van der Waals surface area contributed by atoms with Crippen molar-refractivity contribution in [3.8, 4) is 0 Å². The van der Waals surface area contributed by atoms with Crippen molar-refractivity contribution in [2.45, 2.75) is 39.0 Å². The van der Waals surface area contributed by atoms with Crippen LogP contribution < -0.4 is 5.32 Å². The molecule has 1 aliphatic rings. The highest BCUT2D eigenvalue weighted by Crippen LogP contribution is 2.22. The number of aryl methyl sites for hydroxylation is 3. The van der Waals surface area contributed by atoms with Gasteiger partial charge in [0, 0.05) is 13.1 Å². The summed E-state index contributed by atoms with van der Waals surface area (Å²) in [5.41, 5.74) is 3.77. The average molecular weight is 341 g/mol. The summed E-state index contributed by atoms with van der Waals surface area (Å²) in [5, 5.41) is 6.32. The van der Waals surface area contributed by atoms with Crippen LogP contribution in [0.15, 0.2) is 28.8 Å². The highest BCUT2D eigenvalue weighted by Gasteiger charge is 2.16. The predicted octanol–water partition coefficient (Wildman–Crippen LogP) is 2.50. The monoisotopic (exact) mass is 341 g/mol. The van der Waals surface area contributed by atoms with E-state index in [4.69, 9.17) is 4.52 Å². The fraction of sp³-hybridized carbons (Fsp3) is 0.421. The van der Waals surface area contributed by atoms with Crippen LogP contribution in [0.1, 0.15) is 35.3 Å². The zero-order valence-electron chi connectivity index (χ0n) is 14.7. The standard InChI is InChI=1S/C19H23N3O3/c1-13-9-17(21-25-13)20-18(23)12-22(2)19(24)11-14-7-8-15-5-3-4-6-16(15)10-14/h7-10H,3-6,11-12H2,1-2H3,(H,20,21,23). The molecule has 0 bridgehead atoms. The first-order chi connectivity index (χ1) is 12.0. The Bertz CT molecular complexity index is 782. The van der Waals surface area contributed by atoms with E-state index in [0.717, 1.165) is 18.4 Å². The average Bonchev–Trinajstić information content (AvgIpc) is 2.99. The van der Waals surface area contributed by atoms with E-state index in [1.165, 1.54) is 28.9 Å². The maximum atomic E-state index is 12.4. The molecule has 0 radical (unpaired) electrons. The summed E-state index contributed by atoms with van der Waals surface area (Å²) < 4.78 is 4.90. The fourth-order valence-corrected chi connectivity index (χ4v) is 3.12. The zero-order chi connectivity index (χ0) is 17.8. The van der Waals surface area contributed by atoms with E-state index in [-0.39, 0.29) is 18.4 Å². The molecule has 0 spiro atoms. The summed E-state index contributed by atoms with van der Waals surface area (Å²) in [7, 11) is 1.63. The molecule has 2 amide bonds. The van der Waals surface area contributed by atoms with Gasteiger partial charge in [-0.2, -0.15) is 0 Å². The zero-order valence-corrected chi connectivity index (χ0v) is 14.7. The van der Waals surface area contributed by atoms with Crippen molar-refractivity contribution in [2.75, 3.05) is 18.9 Å². The number of hydrogen-bond donors (Lipinski definition) is 1. The summed E-state index contributed by atoms with van der Waals surface area (Å²) in [4.78, 5) is 25.8. The number of anilines is 1. The number of fused-ring (bicyclic) bond motifs is 1. The third kappa shape index (κ3) is 4.47. The number of carbonyl (C=O) groups excluding carboxylic acids is 2. The molecule has 2 aromatic rings. The predicted molar refractivity (Wildman–Crippen MR) is 94.3 cm³/mol. The summed E-state index contributed by atoms with van der Waals surface area (Å²) in [5.74, 6) is 0.599. The van der Waals surface area contributed by atoms with Gasteiger partial charge in [0.1, 0.15) is 5.76 Å². The fourth-order valence-electron chi connectivity index (χ4n) is 3.12. The Labute approximate surface area is 147 Å². The molecule has 1 aliphatic carbocycles. The molecule has 6 heteroatoms. The molecule has 0 atom stereocenters. The Hall–Kier alpha value is -2.63. The number of nitrogens with zero attached hydrogens (tertiary/aromatic N) is 2. The van der Waals surface area contributed by atoms with E-state index in [2.05, 4.69) is 22.6 Å². The maximum Gasteiger partial charge on any atom is 0.245 e. The van der Waals surface area contributed by atoms with Crippen molar-refractivity contribution in [3.63, 3.8) is 0 Å². The number of aromatic nitrogens is 1. The SMILES string of the molecule is Cc1cc(NC(=O)CN(C)C(=O)Cc2ccc3c(c2)CCCC3)no1. The molecule has 0 aliphatic heterocycles. The second-order valence-corrected chi connectivity index (χ2v) is 6.61. The molecule has 0 unspecified atom stereocenters. The Balaban J connectivity index is 1.54. The van der Waals surface area contributed by atoms with Crippen molar-refractivity contribution < 1.29 is 14.1 Å². The number of carbonyl (C=O) groups is 2. The molecular formula is C19H23N3O3. The topological polar surface area (TPSA) is 75.4 Å². The van der Waals surface area contributed by atoms with Gasteiger partial charge in [-0.05, 0) is 49.3 Å².